The summed E-state index contributed by atoms with van der Waals surface area (Å²) < 4.78 is 4.69. The lowest BCUT2D eigenvalue weighted by atomic mass is 10.1. The average molecular weight is 306 g/mol. The zero-order valence-corrected chi connectivity index (χ0v) is 12.5. The molecule has 22 heavy (non-hydrogen) atoms. The average Bonchev–Trinajstić information content (AvgIpc) is 3.35. The van der Waals surface area contributed by atoms with E-state index in [4.69, 9.17) is 0 Å². The molecule has 1 unspecified atom stereocenters. The molecule has 1 fully saturated rings. The SMILES string of the molecule is COC(=O)C(C)CN(C(=O)c1ccc([N+](=O)[O-])cc1)C1CC1. The van der Waals surface area contributed by atoms with Gasteiger partial charge in [-0.2, -0.15) is 0 Å². The number of methoxy groups -OCH3 is 1. The number of non-ortho nitro benzene ring substituents is 1. The fourth-order valence-electron chi connectivity index (χ4n) is 2.25. The summed E-state index contributed by atoms with van der Waals surface area (Å²) >= 11 is 0. The number of carbonyl (C=O) groups is 2. The highest BCUT2D eigenvalue weighted by Crippen LogP contribution is 2.29. The van der Waals surface area contributed by atoms with Gasteiger partial charge in [0.15, 0.2) is 0 Å². The molecule has 1 aliphatic rings. The number of esters is 1. The van der Waals surface area contributed by atoms with E-state index < -0.39 is 10.8 Å². The molecule has 1 aromatic carbocycles. The molecule has 1 aromatic rings. The third kappa shape index (κ3) is 3.60. The highest BCUT2D eigenvalue weighted by atomic mass is 16.6. The van der Waals surface area contributed by atoms with E-state index in [1.165, 1.54) is 31.4 Å². The van der Waals surface area contributed by atoms with Crippen molar-refractivity contribution in [2.75, 3.05) is 13.7 Å². The van der Waals surface area contributed by atoms with Gasteiger partial charge in [-0.1, -0.05) is 6.92 Å². The van der Waals surface area contributed by atoms with E-state index in [2.05, 4.69) is 4.74 Å². The van der Waals surface area contributed by atoms with Gasteiger partial charge in [0.1, 0.15) is 0 Å². The van der Waals surface area contributed by atoms with Crippen LogP contribution in [0.4, 0.5) is 5.69 Å². The number of rotatable bonds is 6. The Labute approximate surface area is 128 Å². The zero-order chi connectivity index (χ0) is 16.3. The van der Waals surface area contributed by atoms with E-state index in [9.17, 15) is 19.7 Å². The minimum atomic E-state index is -0.508. The molecule has 0 aromatic heterocycles. The van der Waals surface area contributed by atoms with E-state index in [0.29, 0.717) is 5.56 Å². The number of amides is 1. The van der Waals surface area contributed by atoms with Crippen molar-refractivity contribution in [1.29, 1.82) is 0 Å². The van der Waals surface area contributed by atoms with Gasteiger partial charge in [0.05, 0.1) is 18.0 Å². The summed E-state index contributed by atoms with van der Waals surface area (Å²) in [6, 6.07) is 5.64. The smallest absolute Gasteiger partial charge is 0.310 e. The number of benzene rings is 1. The van der Waals surface area contributed by atoms with Gasteiger partial charge in [-0.15, -0.1) is 0 Å². The number of nitro benzene ring substituents is 1. The highest BCUT2D eigenvalue weighted by molar-refractivity contribution is 5.95. The molecule has 1 aliphatic carbocycles. The van der Waals surface area contributed by atoms with Crippen LogP contribution in [-0.2, 0) is 9.53 Å². The minimum absolute atomic E-state index is 0.0579. The van der Waals surface area contributed by atoms with Crippen LogP contribution in [0.5, 0.6) is 0 Å². The number of ether oxygens (including phenoxy) is 1. The van der Waals surface area contributed by atoms with Gasteiger partial charge >= 0.3 is 5.97 Å². The first-order valence-electron chi connectivity index (χ1n) is 7.07. The number of hydrogen-bond acceptors (Lipinski definition) is 5. The molecule has 0 N–H and O–H groups in total. The van der Waals surface area contributed by atoms with Crippen molar-refractivity contribution in [2.24, 2.45) is 5.92 Å². The van der Waals surface area contributed by atoms with Gasteiger partial charge in [-0.05, 0) is 25.0 Å². The molecule has 0 heterocycles. The third-order valence-electron chi connectivity index (χ3n) is 3.65. The third-order valence-corrected chi connectivity index (χ3v) is 3.65. The van der Waals surface area contributed by atoms with Gasteiger partial charge in [0.2, 0.25) is 0 Å². The second-order valence-corrected chi connectivity index (χ2v) is 5.42. The molecule has 0 aliphatic heterocycles. The van der Waals surface area contributed by atoms with E-state index in [1.807, 2.05) is 0 Å². The lowest BCUT2D eigenvalue weighted by Crippen LogP contribution is -2.38. The largest absolute Gasteiger partial charge is 0.469 e. The quantitative estimate of drug-likeness (QED) is 0.455. The summed E-state index contributed by atoms with van der Waals surface area (Å²) in [5, 5.41) is 10.6. The second-order valence-electron chi connectivity index (χ2n) is 5.42. The van der Waals surface area contributed by atoms with E-state index in [1.54, 1.807) is 11.8 Å². The van der Waals surface area contributed by atoms with Gasteiger partial charge < -0.3 is 9.64 Å². The number of nitro groups is 1. The van der Waals surface area contributed by atoms with Crippen molar-refractivity contribution in [3.05, 3.63) is 39.9 Å². The van der Waals surface area contributed by atoms with Gasteiger partial charge in [0.25, 0.3) is 11.6 Å². The summed E-state index contributed by atoms with van der Waals surface area (Å²) in [5.41, 5.74) is 0.326. The molecule has 7 nitrogen and oxygen atoms in total. The molecule has 0 radical (unpaired) electrons. The first-order valence-corrected chi connectivity index (χ1v) is 7.07. The van der Waals surface area contributed by atoms with Crippen molar-refractivity contribution in [2.45, 2.75) is 25.8 Å². The highest BCUT2D eigenvalue weighted by Gasteiger charge is 2.35. The number of carbonyl (C=O) groups excluding carboxylic acids is 2. The van der Waals surface area contributed by atoms with Crippen LogP contribution in [0.25, 0.3) is 0 Å². The van der Waals surface area contributed by atoms with E-state index in [0.717, 1.165) is 12.8 Å². The first kappa shape index (κ1) is 15.9. The number of hydrogen-bond donors (Lipinski definition) is 0. The Morgan fingerprint density at radius 3 is 2.41 bits per heavy atom. The Kier molecular flexibility index (Phi) is 4.75. The van der Waals surface area contributed by atoms with Gasteiger partial charge in [0, 0.05) is 30.3 Å². The molecule has 1 saturated carbocycles. The molecule has 0 spiro atoms. The van der Waals surface area contributed by atoms with Gasteiger partial charge in [-0.25, -0.2) is 0 Å². The molecule has 1 amide bonds. The van der Waals surface area contributed by atoms with E-state index >= 15 is 0 Å². The van der Waals surface area contributed by atoms with Crippen LogP contribution in [0.2, 0.25) is 0 Å². The van der Waals surface area contributed by atoms with Crippen LogP contribution in [0.1, 0.15) is 30.1 Å². The van der Waals surface area contributed by atoms with Crippen LogP contribution in [0, 0.1) is 16.0 Å². The maximum atomic E-state index is 12.6. The predicted molar refractivity (Wildman–Crippen MR) is 78.3 cm³/mol. The number of nitrogens with zero attached hydrogens (tertiary/aromatic N) is 2. The van der Waals surface area contributed by atoms with Crippen LogP contribution in [0.15, 0.2) is 24.3 Å². The molecular formula is C15H18N2O5. The summed E-state index contributed by atoms with van der Waals surface area (Å²) in [7, 11) is 1.32. The van der Waals surface area contributed by atoms with E-state index in [-0.39, 0.29) is 30.2 Å². The Morgan fingerprint density at radius 1 is 1.36 bits per heavy atom. The van der Waals surface area contributed by atoms with Crippen molar-refractivity contribution in [3.63, 3.8) is 0 Å². The van der Waals surface area contributed by atoms with Crippen molar-refractivity contribution in [1.82, 2.24) is 4.90 Å². The predicted octanol–water partition coefficient (Wildman–Crippen LogP) is 2.01. The molecule has 7 heteroatoms. The maximum Gasteiger partial charge on any atom is 0.310 e. The van der Waals surface area contributed by atoms with Crippen LogP contribution >= 0.6 is 0 Å². The lowest BCUT2D eigenvalue weighted by Gasteiger charge is -2.25. The Bertz CT molecular complexity index is 580. The Balaban J connectivity index is 2.12. The van der Waals surface area contributed by atoms with Crippen molar-refractivity contribution < 1.29 is 19.2 Å². The van der Waals surface area contributed by atoms with Crippen LogP contribution < -0.4 is 0 Å². The first-order chi connectivity index (χ1) is 10.4. The standard InChI is InChI=1S/C15H18N2O5/c1-10(15(19)22-2)9-16(12-7-8-12)14(18)11-3-5-13(6-4-11)17(20)21/h3-6,10,12H,7-9H2,1-2H3. The van der Waals surface area contributed by atoms with Crippen molar-refractivity contribution in [3.8, 4) is 0 Å². The fourth-order valence-corrected chi connectivity index (χ4v) is 2.25. The Morgan fingerprint density at radius 2 is 1.95 bits per heavy atom. The van der Waals surface area contributed by atoms with Crippen LogP contribution in [-0.4, -0.2) is 41.4 Å². The molecule has 2 rings (SSSR count). The van der Waals surface area contributed by atoms with Crippen molar-refractivity contribution >= 4 is 17.6 Å². The molecule has 0 bridgehead atoms. The maximum absolute atomic E-state index is 12.6. The molecular weight excluding hydrogens is 288 g/mol. The zero-order valence-electron chi connectivity index (χ0n) is 12.5. The topological polar surface area (TPSA) is 89.8 Å². The summed E-state index contributed by atoms with van der Waals surface area (Å²) in [6.07, 6.45) is 1.82. The molecule has 118 valence electrons. The summed E-state index contributed by atoms with van der Waals surface area (Å²) in [5.74, 6) is -0.983. The lowest BCUT2D eigenvalue weighted by molar-refractivity contribution is -0.384. The summed E-state index contributed by atoms with van der Waals surface area (Å²) in [6.45, 7) is 2.00. The normalized spacial score (nSPS) is 15.0. The fraction of sp³-hybridized carbons (Fsp3) is 0.467. The monoisotopic (exact) mass is 306 g/mol. The summed E-state index contributed by atoms with van der Waals surface area (Å²) in [4.78, 5) is 35.9. The second kappa shape index (κ2) is 6.55. The van der Waals surface area contributed by atoms with Crippen LogP contribution in [0.3, 0.4) is 0 Å². The minimum Gasteiger partial charge on any atom is -0.469 e. The van der Waals surface area contributed by atoms with Gasteiger partial charge in [-0.3, -0.25) is 19.7 Å². The Hall–Kier alpha value is -2.44. The molecule has 0 saturated heterocycles. The molecule has 1 atom stereocenters.